The van der Waals surface area contributed by atoms with Crippen molar-refractivity contribution in [3.63, 3.8) is 0 Å². The van der Waals surface area contributed by atoms with Crippen molar-refractivity contribution in [3.8, 4) is 11.6 Å². The van der Waals surface area contributed by atoms with Gasteiger partial charge in [-0.25, -0.2) is 14.4 Å². The van der Waals surface area contributed by atoms with E-state index in [-0.39, 0.29) is 11.3 Å². The van der Waals surface area contributed by atoms with Gasteiger partial charge >= 0.3 is 0 Å². The highest BCUT2D eigenvalue weighted by Crippen LogP contribution is 2.25. The van der Waals surface area contributed by atoms with E-state index < -0.39 is 5.82 Å². The first-order chi connectivity index (χ1) is 9.74. The number of fused-ring (bicyclic) bond motifs is 3. The molecule has 0 radical (unpaired) electrons. The van der Waals surface area contributed by atoms with E-state index in [0.717, 1.165) is 0 Å². The van der Waals surface area contributed by atoms with Gasteiger partial charge in [0.25, 0.3) is 0 Å². The summed E-state index contributed by atoms with van der Waals surface area (Å²) in [6.45, 7) is 0. The molecule has 7 heteroatoms. The second kappa shape index (κ2) is 3.77. The van der Waals surface area contributed by atoms with Gasteiger partial charge in [-0.2, -0.15) is 4.52 Å². The lowest BCUT2D eigenvalue weighted by atomic mass is 10.2. The molecule has 0 aliphatic heterocycles. The molecule has 2 N–H and O–H groups in total. The fourth-order valence-corrected chi connectivity index (χ4v) is 2.14. The summed E-state index contributed by atoms with van der Waals surface area (Å²) in [4.78, 5) is 8.43. The third-order valence-electron chi connectivity index (χ3n) is 3.02. The van der Waals surface area contributed by atoms with Crippen LogP contribution < -0.4 is 5.73 Å². The van der Waals surface area contributed by atoms with Gasteiger partial charge in [0.15, 0.2) is 11.4 Å². The number of hydrogen-bond acceptors (Lipinski definition) is 5. The Bertz CT molecular complexity index is 929. The van der Waals surface area contributed by atoms with E-state index in [4.69, 9.17) is 10.2 Å². The van der Waals surface area contributed by atoms with Crippen LogP contribution in [0.3, 0.4) is 0 Å². The summed E-state index contributed by atoms with van der Waals surface area (Å²) < 4.78 is 20.6. The number of halogens is 1. The molecule has 0 saturated heterocycles. The van der Waals surface area contributed by atoms with E-state index in [0.29, 0.717) is 22.7 Å². The lowest BCUT2D eigenvalue weighted by Gasteiger charge is -2.02. The summed E-state index contributed by atoms with van der Waals surface area (Å²) in [5, 5.41) is 4.49. The van der Waals surface area contributed by atoms with Crippen LogP contribution in [0.5, 0.6) is 0 Å². The van der Waals surface area contributed by atoms with Crippen molar-refractivity contribution < 1.29 is 8.81 Å². The molecular formula is C13H8FN5O. The molecule has 0 atom stereocenters. The van der Waals surface area contributed by atoms with Crippen molar-refractivity contribution in [3.05, 3.63) is 42.4 Å². The van der Waals surface area contributed by atoms with Gasteiger partial charge in [0.2, 0.25) is 11.8 Å². The van der Waals surface area contributed by atoms with E-state index in [1.165, 1.54) is 16.8 Å². The number of anilines is 1. The molecule has 0 aliphatic carbocycles. The number of furan rings is 1. The average molecular weight is 269 g/mol. The summed E-state index contributed by atoms with van der Waals surface area (Å²) >= 11 is 0. The topological polar surface area (TPSA) is 82.2 Å². The highest BCUT2D eigenvalue weighted by Gasteiger charge is 2.16. The minimum atomic E-state index is -0.418. The van der Waals surface area contributed by atoms with Gasteiger partial charge in [-0.3, -0.25) is 0 Å². The lowest BCUT2D eigenvalue weighted by Crippen LogP contribution is -2.03. The van der Waals surface area contributed by atoms with Gasteiger partial charge in [0.05, 0.1) is 17.2 Å². The molecule has 4 aromatic rings. The fraction of sp³-hybridized carbons (Fsp3) is 0. The Balaban J connectivity index is 2.15. The minimum Gasteiger partial charge on any atom is -0.461 e. The smallest absolute Gasteiger partial charge is 0.223 e. The zero-order valence-corrected chi connectivity index (χ0v) is 10.1. The Morgan fingerprint density at radius 3 is 2.85 bits per heavy atom. The van der Waals surface area contributed by atoms with E-state index in [9.17, 15) is 4.39 Å². The van der Waals surface area contributed by atoms with Crippen molar-refractivity contribution in [2.45, 2.75) is 0 Å². The Labute approximate surface area is 111 Å². The summed E-state index contributed by atoms with van der Waals surface area (Å²) in [5.41, 5.74) is 6.59. The molecule has 4 rings (SSSR count). The van der Waals surface area contributed by atoms with E-state index >= 15 is 0 Å². The van der Waals surface area contributed by atoms with Crippen molar-refractivity contribution in [1.82, 2.24) is 19.6 Å². The Hall–Kier alpha value is -2.96. The van der Waals surface area contributed by atoms with Crippen molar-refractivity contribution >= 4 is 22.5 Å². The minimum absolute atomic E-state index is 0.142. The first-order valence-electron chi connectivity index (χ1n) is 5.88. The molecule has 0 bridgehead atoms. The predicted molar refractivity (Wildman–Crippen MR) is 70.4 cm³/mol. The van der Waals surface area contributed by atoms with E-state index in [1.54, 1.807) is 24.3 Å². The van der Waals surface area contributed by atoms with Gasteiger partial charge < -0.3 is 10.2 Å². The average Bonchev–Trinajstić information content (AvgIpc) is 3.08. The molecule has 3 heterocycles. The summed E-state index contributed by atoms with van der Waals surface area (Å²) in [6, 6.07) is 8.04. The number of rotatable bonds is 1. The number of nitrogens with zero attached hydrogens (tertiary/aromatic N) is 4. The van der Waals surface area contributed by atoms with Crippen LogP contribution in [0.1, 0.15) is 0 Å². The molecule has 0 fully saturated rings. The zero-order valence-electron chi connectivity index (χ0n) is 10.1. The number of nitrogens with two attached hydrogens (primary N) is 1. The number of benzene rings is 1. The van der Waals surface area contributed by atoms with Crippen LogP contribution >= 0.6 is 0 Å². The maximum atomic E-state index is 14.0. The largest absolute Gasteiger partial charge is 0.461 e. The first-order valence-corrected chi connectivity index (χ1v) is 5.88. The van der Waals surface area contributed by atoms with E-state index in [1.807, 2.05) is 0 Å². The molecule has 3 aromatic heterocycles. The van der Waals surface area contributed by atoms with Crippen LogP contribution in [0.25, 0.3) is 28.1 Å². The molecule has 0 saturated carbocycles. The SMILES string of the molecule is Nc1nc2cccc(F)c2c2nc(-c3ccco3)nn12. The molecule has 0 unspecified atom stereocenters. The first kappa shape index (κ1) is 10.9. The molecule has 1 aromatic carbocycles. The van der Waals surface area contributed by atoms with Crippen LogP contribution in [-0.2, 0) is 0 Å². The molecule has 20 heavy (non-hydrogen) atoms. The second-order valence-electron chi connectivity index (χ2n) is 4.25. The van der Waals surface area contributed by atoms with Crippen molar-refractivity contribution in [2.75, 3.05) is 5.73 Å². The normalized spacial score (nSPS) is 11.4. The highest BCUT2D eigenvalue weighted by atomic mass is 19.1. The van der Waals surface area contributed by atoms with Gasteiger partial charge in [0, 0.05) is 0 Å². The number of hydrogen-bond donors (Lipinski definition) is 1. The van der Waals surface area contributed by atoms with Crippen LogP contribution in [0.15, 0.2) is 41.0 Å². The second-order valence-corrected chi connectivity index (χ2v) is 4.25. The van der Waals surface area contributed by atoms with Crippen molar-refractivity contribution in [2.24, 2.45) is 0 Å². The summed E-state index contributed by atoms with van der Waals surface area (Å²) in [7, 11) is 0. The van der Waals surface area contributed by atoms with Crippen molar-refractivity contribution in [1.29, 1.82) is 0 Å². The van der Waals surface area contributed by atoms with Crippen LogP contribution in [-0.4, -0.2) is 19.6 Å². The van der Waals surface area contributed by atoms with Gasteiger partial charge in [0.1, 0.15) is 5.82 Å². The Kier molecular flexibility index (Phi) is 2.06. The van der Waals surface area contributed by atoms with Crippen LogP contribution in [0, 0.1) is 5.82 Å². The third-order valence-corrected chi connectivity index (χ3v) is 3.02. The molecular weight excluding hydrogens is 261 g/mol. The van der Waals surface area contributed by atoms with E-state index in [2.05, 4.69) is 15.1 Å². The maximum Gasteiger partial charge on any atom is 0.223 e. The van der Waals surface area contributed by atoms with Gasteiger partial charge in [-0.1, -0.05) is 6.07 Å². The molecule has 0 spiro atoms. The third kappa shape index (κ3) is 1.40. The molecule has 0 amide bonds. The Morgan fingerprint density at radius 1 is 1.15 bits per heavy atom. The number of nitrogen functional groups attached to an aromatic ring is 1. The fourth-order valence-electron chi connectivity index (χ4n) is 2.14. The summed E-state index contributed by atoms with van der Waals surface area (Å²) in [6.07, 6.45) is 1.52. The lowest BCUT2D eigenvalue weighted by molar-refractivity contribution is 0.577. The molecule has 98 valence electrons. The highest BCUT2D eigenvalue weighted by molar-refractivity contribution is 5.93. The van der Waals surface area contributed by atoms with Gasteiger partial charge in [-0.15, -0.1) is 5.10 Å². The predicted octanol–water partition coefficient (Wildman–Crippen LogP) is 2.26. The quantitative estimate of drug-likeness (QED) is 0.573. The van der Waals surface area contributed by atoms with Crippen LogP contribution in [0.2, 0.25) is 0 Å². The summed E-state index contributed by atoms with van der Waals surface area (Å²) in [5.74, 6) is 0.540. The van der Waals surface area contributed by atoms with Gasteiger partial charge in [-0.05, 0) is 24.3 Å². The Morgan fingerprint density at radius 2 is 2.05 bits per heavy atom. The monoisotopic (exact) mass is 269 g/mol. The number of aromatic nitrogens is 4. The standard InChI is InChI=1S/C13H8FN5O/c14-7-3-1-4-8-10(7)12-17-11(9-5-2-6-20-9)18-19(12)13(15)16-8/h1-6H,(H2,15,16). The zero-order chi connectivity index (χ0) is 13.7. The van der Waals surface area contributed by atoms with Crippen LogP contribution in [0.4, 0.5) is 10.3 Å². The molecule has 0 aliphatic rings. The maximum absolute atomic E-state index is 14.0. The molecule has 6 nitrogen and oxygen atoms in total.